The minimum Gasteiger partial charge on any atom is -0.466 e. The fourth-order valence-corrected chi connectivity index (χ4v) is 11.4. The highest BCUT2D eigenvalue weighted by Gasteiger charge is 2.20. The predicted octanol–water partition coefficient (Wildman–Crippen LogP) is 22.2. The molecule has 448 valence electrons. The van der Waals surface area contributed by atoms with Gasteiger partial charge in [-0.3, -0.25) is 9.59 Å². The Balaban J connectivity index is 3.35. The van der Waals surface area contributed by atoms with Crippen molar-refractivity contribution >= 4 is 11.9 Å². The van der Waals surface area contributed by atoms with E-state index in [-0.39, 0.29) is 18.5 Å². The van der Waals surface area contributed by atoms with Crippen molar-refractivity contribution in [3.05, 3.63) is 0 Å². The van der Waals surface area contributed by atoms with Gasteiger partial charge in [0, 0.05) is 12.8 Å². The number of nitrogens with one attached hydrogen (secondary N) is 1. The molecule has 0 heterocycles. The first-order valence-corrected chi connectivity index (χ1v) is 34.8. The Kier molecular flexibility index (Phi) is 64.4. The fourth-order valence-electron chi connectivity index (χ4n) is 11.4. The third-order valence-corrected chi connectivity index (χ3v) is 16.7. The van der Waals surface area contributed by atoms with E-state index in [2.05, 4.69) is 19.2 Å². The van der Waals surface area contributed by atoms with E-state index in [0.29, 0.717) is 25.9 Å². The van der Waals surface area contributed by atoms with Crippen LogP contribution in [0.2, 0.25) is 0 Å². The Hall–Kier alpha value is -1.14. The van der Waals surface area contributed by atoms with E-state index in [1.54, 1.807) is 0 Å². The van der Waals surface area contributed by atoms with Gasteiger partial charge in [-0.1, -0.05) is 367 Å². The van der Waals surface area contributed by atoms with Gasteiger partial charge in [-0.15, -0.1) is 0 Å². The van der Waals surface area contributed by atoms with Crippen molar-refractivity contribution in [2.75, 3.05) is 13.2 Å². The van der Waals surface area contributed by atoms with Crippen LogP contribution in [0.5, 0.6) is 0 Å². The van der Waals surface area contributed by atoms with Crippen LogP contribution in [0.15, 0.2) is 0 Å². The zero-order chi connectivity index (χ0) is 54.3. The molecule has 6 heteroatoms. The summed E-state index contributed by atoms with van der Waals surface area (Å²) < 4.78 is 5.48. The summed E-state index contributed by atoms with van der Waals surface area (Å²) in [6, 6.07) is -0.539. The monoisotopic (exact) mass is 1060 g/mol. The van der Waals surface area contributed by atoms with E-state index in [9.17, 15) is 19.8 Å². The molecule has 0 rings (SSSR count). The van der Waals surface area contributed by atoms with Gasteiger partial charge >= 0.3 is 5.97 Å². The van der Waals surface area contributed by atoms with Gasteiger partial charge in [0.25, 0.3) is 0 Å². The average Bonchev–Trinajstić information content (AvgIpc) is 3.41. The van der Waals surface area contributed by atoms with Gasteiger partial charge < -0.3 is 20.3 Å². The fraction of sp³-hybridized carbons (Fsp3) is 0.971. The molecule has 2 atom stereocenters. The lowest BCUT2D eigenvalue weighted by molar-refractivity contribution is -0.143. The van der Waals surface area contributed by atoms with E-state index in [0.717, 1.165) is 38.5 Å². The second-order valence-electron chi connectivity index (χ2n) is 24.2. The molecule has 0 aromatic carbocycles. The molecular weight excluding hydrogens is 923 g/mol. The Morgan fingerprint density at radius 1 is 0.320 bits per heavy atom. The lowest BCUT2D eigenvalue weighted by Crippen LogP contribution is -2.45. The van der Waals surface area contributed by atoms with Crippen LogP contribution in [0.4, 0.5) is 0 Å². The number of esters is 1. The van der Waals surface area contributed by atoms with Crippen LogP contribution in [-0.2, 0) is 14.3 Å². The van der Waals surface area contributed by atoms with Gasteiger partial charge in [0.1, 0.15) is 0 Å². The summed E-state index contributed by atoms with van der Waals surface area (Å²) in [6.07, 6.45) is 78.6. The quantitative estimate of drug-likeness (QED) is 0.0417. The molecule has 0 fully saturated rings. The zero-order valence-electron chi connectivity index (χ0n) is 51.3. The van der Waals surface area contributed by atoms with Crippen molar-refractivity contribution in [3.8, 4) is 0 Å². The second-order valence-corrected chi connectivity index (χ2v) is 24.2. The van der Waals surface area contributed by atoms with Gasteiger partial charge in [-0.2, -0.15) is 0 Å². The van der Waals surface area contributed by atoms with Crippen LogP contribution in [0.1, 0.15) is 406 Å². The van der Waals surface area contributed by atoms with E-state index in [1.807, 2.05) is 0 Å². The van der Waals surface area contributed by atoms with Crippen molar-refractivity contribution in [3.63, 3.8) is 0 Å². The lowest BCUT2D eigenvalue weighted by Gasteiger charge is -2.22. The molecule has 3 N–H and O–H groups in total. The molecule has 0 aromatic rings. The third-order valence-electron chi connectivity index (χ3n) is 16.7. The molecule has 1 amide bonds. The minimum absolute atomic E-state index is 0.0192. The van der Waals surface area contributed by atoms with E-state index in [4.69, 9.17) is 4.74 Å². The van der Waals surface area contributed by atoms with Gasteiger partial charge in [-0.05, 0) is 25.7 Å². The molecule has 0 radical (unpaired) electrons. The predicted molar refractivity (Wildman–Crippen MR) is 329 cm³/mol. The molecule has 0 saturated heterocycles. The highest BCUT2D eigenvalue weighted by Crippen LogP contribution is 2.19. The van der Waals surface area contributed by atoms with Crippen LogP contribution in [0.25, 0.3) is 0 Å². The largest absolute Gasteiger partial charge is 0.466 e. The maximum absolute atomic E-state index is 12.5. The van der Waals surface area contributed by atoms with Crippen molar-refractivity contribution in [2.24, 2.45) is 0 Å². The number of hydrogen-bond donors (Lipinski definition) is 3. The number of hydrogen-bond acceptors (Lipinski definition) is 5. The Bertz CT molecular complexity index is 1080. The normalized spacial score (nSPS) is 12.4. The van der Waals surface area contributed by atoms with Gasteiger partial charge in [-0.25, -0.2) is 0 Å². The Morgan fingerprint density at radius 2 is 0.547 bits per heavy atom. The molecule has 0 bridgehead atoms. The molecule has 0 saturated carbocycles. The SMILES string of the molecule is CCCCCCCCCCCCCCCCCCCCCCC(O)C(CO)NC(=O)CCCCCCCCCCCCCCCCCCCCCCCCCCCCOC(=O)CCCCCCCCCCCCCC. The number of carbonyl (C=O) groups excluding carboxylic acids is 2. The van der Waals surface area contributed by atoms with Crippen LogP contribution < -0.4 is 5.32 Å². The standard InChI is InChI=1S/C69H137NO5/c1-3-5-7-9-11-13-15-17-18-19-20-29-32-35-38-41-45-49-53-57-61-67(72)66(65-71)70-68(73)62-58-54-50-46-42-39-36-33-30-27-25-23-21-22-24-26-28-31-34-37-40-44-48-52-56-60-64-75-69(74)63-59-55-51-47-43-16-14-12-10-8-6-4-2/h66-67,71-72H,3-65H2,1-2H3,(H,70,73). The number of carbonyl (C=O) groups is 2. The molecule has 0 aliphatic carbocycles. The molecule has 75 heavy (non-hydrogen) atoms. The van der Waals surface area contributed by atoms with Crippen LogP contribution in [0.3, 0.4) is 0 Å². The van der Waals surface area contributed by atoms with Crippen molar-refractivity contribution in [1.29, 1.82) is 0 Å². The maximum Gasteiger partial charge on any atom is 0.305 e. The molecule has 0 aliphatic rings. The lowest BCUT2D eigenvalue weighted by atomic mass is 10.0. The summed E-state index contributed by atoms with van der Waals surface area (Å²) >= 11 is 0. The summed E-state index contributed by atoms with van der Waals surface area (Å²) in [7, 11) is 0. The number of rotatable bonds is 66. The molecule has 0 aromatic heterocycles. The first kappa shape index (κ1) is 73.9. The summed E-state index contributed by atoms with van der Waals surface area (Å²) in [6.45, 7) is 5.00. The maximum atomic E-state index is 12.5. The smallest absolute Gasteiger partial charge is 0.305 e. The summed E-state index contributed by atoms with van der Waals surface area (Å²) in [5.74, 6) is -0.00831. The van der Waals surface area contributed by atoms with Crippen LogP contribution in [-0.4, -0.2) is 47.4 Å². The topological polar surface area (TPSA) is 95.9 Å². The highest BCUT2D eigenvalue weighted by molar-refractivity contribution is 5.76. The number of ether oxygens (including phenoxy) is 1. The van der Waals surface area contributed by atoms with Crippen molar-refractivity contribution in [2.45, 2.75) is 418 Å². The second kappa shape index (κ2) is 65.4. The van der Waals surface area contributed by atoms with Gasteiger partial charge in [0.15, 0.2) is 0 Å². The van der Waals surface area contributed by atoms with Gasteiger partial charge in [0.2, 0.25) is 5.91 Å². The zero-order valence-corrected chi connectivity index (χ0v) is 51.3. The minimum atomic E-state index is -0.662. The first-order chi connectivity index (χ1) is 37.0. The summed E-state index contributed by atoms with van der Waals surface area (Å²) in [5.41, 5.74) is 0. The third kappa shape index (κ3) is 61.9. The summed E-state index contributed by atoms with van der Waals surface area (Å²) in [4.78, 5) is 24.6. The number of aliphatic hydroxyl groups excluding tert-OH is 2. The number of unbranched alkanes of at least 4 members (excludes halogenated alkanes) is 55. The number of aliphatic hydroxyl groups is 2. The molecule has 2 unspecified atom stereocenters. The summed E-state index contributed by atoms with van der Waals surface area (Å²) in [5, 5.41) is 23.4. The molecule has 0 aliphatic heterocycles. The average molecular weight is 1060 g/mol. The Labute approximate surface area is 470 Å². The van der Waals surface area contributed by atoms with E-state index < -0.39 is 12.1 Å². The van der Waals surface area contributed by atoms with Crippen LogP contribution in [0, 0.1) is 0 Å². The number of amides is 1. The van der Waals surface area contributed by atoms with Gasteiger partial charge in [0.05, 0.1) is 25.4 Å². The highest BCUT2D eigenvalue weighted by atomic mass is 16.5. The van der Waals surface area contributed by atoms with E-state index in [1.165, 1.54) is 334 Å². The van der Waals surface area contributed by atoms with Crippen molar-refractivity contribution < 1.29 is 24.5 Å². The molecular formula is C69H137NO5. The molecule has 6 nitrogen and oxygen atoms in total. The van der Waals surface area contributed by atoms with Crippen molar-refractivity contribution in [1.82, 2.24) is 5.32 Å². The molecule has 0 spiro atoms. The van der Waals surface area contributed by atoms with E-state index >= 15 is 0 Å². The van der Waals surface area contributed by atoms with Crippen LogP contribution >= 0.6 is 0 Å². The Morgan fingerprint density at radius 3 is 0.813 bits per heavy atom. The first-order valence-electron chi connectivity index (χ1n) is 34.8.